The highest BCUT2D eigenvalue weighted by Crippen LogP contribution is 2.49. The number of allylic oxidation sites excluding steroid dienone is 2. The van der Waals surface area contributed by atoms with E-state index in [1.165, 1.54) is 6.20 Å². The van der Waals surface area contributed by atoms with Crippen LogP contribution < -0.4 is 5.32 Å². The molecule has 0 bridgehead atoms. The summed E-state index contributed by atoms with van der Waals surface area (Å²) in [5, 5.41) is 2.30. The van der Waals surface area contributed by atoms with Crippen molar-refractivity contribution in [3.63, 3.8) is 0 Å². The number of halogens is 5. The van der Waals surface area contributed by atoms with Gasteiger partial charge in [-0.25, -0.2) is 4.39 Å². The van der Waals surface area contributed by atoms with Crippen LogP contribution in [0.5, 0.6) is 0 Å². The molecule has 0 aromatic carbocycles. The van der Waals surface area contributed by atoms with Crippen LogP contribution in [0.25, 0.3) is 0 Å². The molecule has 0 aromatic heterocycles. The zero-order valence-electron chi connectivity index (χ0n) is 7.54. The van der Waals surface area contributed by atoms with E-state index in [0.29, 0.717) is 0 Å². The number of nitrogens with one attached hydrogen (secondary N) is 1. The number of alkyl halides is 4. The zero-order valence-corrected chi connectivity index (χ0v) is 8.29. The molecule has 1 N–H and O–H groups in total. The van der Waals surface area contributed by atoms with Crippen LogP contribution in [0.1, 0.15) is 12.8 Å². The molecule has 0 saturated heterocycles. The molecular formula is C9H8ClF4N. The van der Waals surface area contributed by atoms with Gasteiger partial charge in [0.05, 0.1) is 16.6 Å². The van der Waals surface area contributed by atoms with Gasteiger partial charge in [0.1, 0.15) is 5.67 Å². The third kappa shape index (κ3) is 1.97. The monoisotopic (exact) mass is 241 g/mol. The number of rotatable bonds is 1. The van der Waals surface area contributed by atoms with E-state index < -0.39 is 23.5 Å². The van der Waals surface area contributed by atoms with Crippen molar-refractivity contribution in [3.05, 3.63) is 22.9 Å². The molecule has 6 heteroatoms. The molecule has 2 rings (SSSR count). The van der Waals surface area contributed by atoms with Gasteiger partial charge < -0.3 is 5.32 Å². The van der Waals surface area contributed by atoms with Gasteiger partial charge in [-0.15, -0.1) is 0 Å². The summed E-state index contributed by atoms with van der Waals surface area (Å²) < 4.78 is 51.3. The van der Waals surface area contributed by atoms with Crippen LogP contribution in [-0.2, 0) is 0 Å². The third-order valence-corrected chi connectivity index (χ3v) is 2.78. The first kappa shape index (κ1) is 10.8. The maximum atomic E-state index is 13.6. The van der Waals surface area contributed by atoms with E-state index in [2.05, 4.69) is 5.32 Å². The fourth-order valence-electron chi connectivity index (χ4n) is 1.61. The summed E-state index contributed by atoms with van der Waals surface area (Å²) in [6.45, 7) is 0. The molecule has 0 amide bonds. The van der Waals surface area contributed by atoms with Crippen LogP contribution in [0.4, 0.5) is 17.6 Å². The summed E-state index contributed by atoms with van der Waals surface area (Å²) in [4.78, 5) is 0. The molecule has 0 radical (unpaired) electrons. The lowest BCUT2D eigenvalue weighted by molar-refractivity contribution is -0.0997. The van der Waals surface area contributed by atoms with Crippen LogP contribution in [-0.4, -0.2) is 17.9 Å². The number of hydrogen-bond donors (Lipinski definition) is 1. The second-order valence-corrected chi connectivity index (χ2v) is 4.20. The quantitative estimate of drug-likeness (QED) is 0.696. The van der Waals surface area contributed by atoms with Crippen molar-refractivity contribution in [1.82, 2.24) is 5.32 Å². The van der Waals surface area contributed by atoms with Gasteiger partial charge in [0.2, 0.25) is 0 Å². The van der Waals surface area contributed by atoms with Gasteiger partial charge in [0, 0.05) is 6.20 Å². The normalized spacial score (nSPS) is 29.0. The van der Waals surface area contributed by atoms with Gasteiger partial charge in [0.25, 0.3) is 0 Å². The first-order valence-corrected chi connectivity index (χ1v) is 4.80. The molecular weight excluding hydrogens is 234 g/mol. The Labute approximate surface area is 88.8 Å². The van der Waals surface area contributed by atoms with Crippen LogP contribution >= 0.6 is 11.6 Å². The molecule has 1 saturated carbocycles. The van der Waals surface area contributed by atoms with Gasteiger partial charge in [-0.2, -0.15) is 13.2 Å². The second-order valence-electron chi connectivity index (χ2n) is 3.76. The van der Waals surface area contributed by atoms with E-state index in [1.807, 2.05) is 0 Å². The van der Waals surface area contributed by atoms with E-state index in [1.54, 1.807) is 0 Å². The van der Waals surface area contributed by atoms with E-state index >= 15 is 0 Å². The minimum absolute atomic E-state index is 0.0668. The molecule has 15 heavy (non-hydrogen) atoms. The minimum atomic E-state index is -4.55. The van der Waals surface area contributed by atoms with E-state index in [4.69, 9.17) is 11.6 Å². The molecule has 2 aliphatic rings. The fraction of sp³-hybridized carbons (Fsp3) is 0.556. The average Bonchev–Trinajstić information content (AvgIpc) is 2.83. The average molecular weight is 242 g/mol. The largest absolute Gasteiger partial charge is 0.414 e. The van der Waals surface area contributed by atoms with Gasteiger partial charge >= 0.3 is 6.18 Å². The molecule has 1 fully saturated rings. The SMILES string of the molecule is FC(F)(F)C1=CC(Cl)=CNC1C1(F)CC1. The summed E-state index contributed by atoms with van der Waals surface area (Å²) >= 11 is 5.45. The third-order valence-electron chi connectivity index (χ3n) is 2.56. The van der Waals surface area contributed by atoms with Gasteiger partial charge in [0.15, 0.2) is 0 Å². The molecule has 1 unspecified atom stereocenters. The Hall–Kier alpha value is -0.710. The standard InChI is InChI=1S/C9H8ClF4N/c10-5-3-6(9(12,13)14)7(15-4-5)8(11)1-2-8/h3-4,7,15H,1-2H2. The number of hydrogen-bond acceptors (Lipinski definition) is 1. The Bertz CT molecular complexity index is 341. The molecule has 1 atom stereocenters. The first-order valence-electron chi connectivity index (χ1n) is 4.42. The van der Waals surface area contributed by atoms with E-state index in [9.17, 15) is 17.6 Å². The molecule has 1 aliphatic carbocycles. The first-order chi connectivity index (χ1) is 6.83. The zero-order chi connectivity index (χ0) is 11.3. The maximum absolute atomic E-state index is 13.6. The summed E-state index contributed by atoms with van der Waals surface area (Å²) in [5.74, 6) is 0. The van der Waals surface area contributed by atoms with E-state index in [0.717, 1.165) is 6.08 Å². The van der Waals surface area contributed by atoms with Gasteiger partial charge in [-0.1, -0.05) is 11.6 Å². The minimum Gasteiger partial charge on any atom is -0.380 e. The summed E-state index contributed by atoms with van der Waals surface area (Å²) in [6.07, 6.45) is -2.26. The summed E-state index contributed by atoms with van der Waals surface area (Å²) in [6, 6.07) is -1.32. The van der Waals surface area contributed by atoms with Crippen molar-refractivity contribution in [1.29, 1.82) is 0 Å². The van der Waals surface area contributed by atoms with Crippen LogP contribution in [0.3, 0.4) is 0 Å². The van der Waals surface area contributed by atoms with Crippen LogP contribution in [0.15, 0.2) is 22.9 Å². The highest BCUT2D eigenvalue weighted by atomic mass is 35.5. The molecule has 1 aliphatic heterocycles. The predicted octanol–water partition coefficient (Wildman–Crippen LogP) is 3.03. The second kappa shape index (κ2) is 3.14. The van der Waals surface area contributed by atoms with E-state index in [-0.39, 0.29) is 17.9 Å². The lowest BCUT2D eigenvalue weighted by Crippen LogP contribution is -2.44. The van der Waals surface area contributed by atoms with Crippen molar-refractivity contribution < 1.29 is 17.6 Å². The van der Waals surface area contributed by atoms with Gasteiger partial charge in [-0.05, 0) is 18.9 Å². The number of dihydropyridines is 1. The Morgan fingerprint density at radius 1 is 1.40 bits per heavy atom. The van der Waals surface area contributed by atoms with Crippen LogP contribution in [0, 0.1) is 0 Å². The van der Waals surface area contributed by atoms with Gasteiger partial charge in [-0.3, -0.25) is 0 Å². The Morgan fingerprint density at radius 3 is 2.47 bits per heavy atom. The molecule has 1 nitrogen and oxygen atoms in total. The fourth-order valence-corrected chi connectivity index (χ4v) is 1.79. The highest BCUT2D eigenvalue weighted by molar-refractivity contribution is 6.31. The summed E-state index contributed by atoms with van der Waals surface area (Å²) in [7, 11) is 0. The topological polar surface area (TPSA) is 12.0 Å². The molecule has 1 heterocycles. The Balaban J connectivity index is 2.31. The molecule has 0 aromatic rings. The Kier molecular flexibility index (Phi) is 2.26. The molecule has 0 spiro atoms. The molecule has 84 valence electrons. The van der Waals surface area contributed by atoms with Crippen molar-refractivity contribution in [2.45, 2.75) is 30.7 Å². The lowest BCUT2D eigenvalue weighted by Gasteiger charge is -2.28. The maximum Gasteiger partial charge on any atom is 0.414 e. The van der Waals surface area contributed by atoms with Crippen molar-refractivity contribution >= 4 is 11.6 Å². The predicted molar refractivity (Wildman–Crippen MR) is 48.1 cm³/mol. The summed E-state index contributed by atoms with van der Waals surface area (Å²) in [5.41, 5.74) is -2.70. The van der Waals surface area contributed by atoms with Crippen molar-refractivity contribution in [2.75, 3.05) is 0 Å². The van der Waals surface area contributed by atoms with Crippen molar-refractivity contribution in [2.24, 2.45) is 0 Å². The highest BCUT2D eigenvalue weighted by Gasteiger charge is 2.56. The van der Waals surface area contributed by atoms with Crippen LogP contribution in [0.2, 0.25) is 0 Å². The Morgan fingerprint density at radius 2 is 2.00 bits per heavy atom. The van der Waals surface area contributed by atoms with Crippen molar-refractivity contribution in [3.8, 4) is 0 Å². The lowest BCUT2D eigenvalue weighted by atomic mass is 9.98. The smallest absolute Gasteiger partial charge is 0.380 e.